The number of likely N-dealkylation sites (tertiary alicyclic amines) is 1. The van der Waals surface area contributed by atoms with E-state index in [0.29, 0.717) is 0 Å². The molecule has 2 amide bonds. The summed E-state index contributed by atoms with van der Waals surface area (Å²) in [4.78, 5) is 14.6. The minimum Gasteiger partial charge on any atom is -0.504 e. The zero-order chi connectivity index (χ0) is 21.5. The Bertz CT molecular complexity index is 971. The first-order chi connectivity index (χ1) is 14.3. The SMILES string of the molecule is CN1CC[C@]2(c3ccc(O)c(O)c3)CC[C@@H](NC(=O)Nc3ccc(F)c(F)c3)C[C@H]12. The third-order valence-corrected chi connectivity index (χ3v) is 6.59. The molecule has 8 heteroatoms. The Hall–Kier alpha value is -2.87. The van der Waals surface area contributed by atoms with Crippen molar-refractivity contribution in [1.82, 2.24) is 10.2 Å². The molecule has 160 valence electrons. The van der Waals surface area contributed by atoms with E-state index in [9.17, 15) is 23.8 Å². The van der Waals surface area contributed by atoms with Gasteiger partial charge in [0.2, 0.25) is 0 Å². The maximum Gasteiger partial charge on any atom is 0.319 e. The molecule has 2 aromatic rings. The number of rotatable bonds is 3. The van der Waals surface area contributed by atoms with Gasteiger partial charge in [-0.05, 0) is 69.1 Å². The molecule has 30 heavy (non-hydrogen) atoms. The van der Waals surface area contributed by atoms with E-state index >= 15 is 0 Å². The fraction of sp³-hybridized carbons (Fsp3) is 0.409. The first-order valence-corrected chi connectivity index (χ1v) is 10.0. The fourth-order valence-corrected chi connectivity index (χ4v) is 5.01. The number of anilines is 1. The number of amides is 2. The van der Waals surface area contributed by atoms with Crippen molar-refractivity contribution in [3.8, 4) is 11.5 Å². The molecule has 1 saturated heterocycles. The summed E-state index contributed by atoms with van der Waals surface area (Å²) in [5.41, 5.74) is 1.04. The maximum absolute atomic E-state index is 13.3. The summed E-state index contributed by atoms with van der Waals surface area (Å²) in [6, 6.07) is 7.91. The molecule has 1 aliphatic carbocycles. The number of likely N-dealkylation sites (N-methyl/N-ethyl adjacent to an activating group) is 1. The van der Waals surface area contributed by atoms with E-state index in [2.05, 4.69) is 22.6 Å². The molecule has 0 spiro atoms. The first-order valence-electron chi connectivity index (χ1n) is 10.0. The largest absolute Gasteiger partial charge is 0.504 e. The number of hydrogen-bond acceptors (Lipinski definition) is 4. The van der Waals surface area contributed by atoms with Gasteiger partial charge < -0.3 is 25.7 Å². The normalized spacial score (nSPS) is 26.2. The summed E-state index contributed by atoms with van der Waals surface area (Å²) in [5.74, 6) is -2.24. The Morgan fingerprint density at radius 2 is 1.90 bits per heavy atom. The molecule has 4 rings (SSSR count). The molecule has 1 aliphatic heterocycles. The average Bonchev–Trinajstić information content (AvgIpc) is 3.04. The molecule has 2 fully saturated rings. The lowest BCUT2D eigenvalue weighted by atomic mass is 9.65. The van der Waals surface area contributed by atoms with Gasteiger partial charge >= 0.3 is 6.03 Å². The second kappa shape index (κ2) is 7.75. The fourth-order valence-electron chi connectivity index (χ4n) is 5.01. The van der Waals surface area contributed by atoms with Crippen LogP contribution >= 0.6 is 0 Å². The van der Waals surface area contributed by atoms with Gasteiger partial charge in [0.25, 0.3) is 0 Å². The number of urea groups is 1. The van der Waals surface area contributed by atoms with Gasteiger partial charge in [0.1, 0.15) is 0 Å². The van der Waals surface area contributed by atoms with E-state index in [0.717, 1.165) is 49.9 Å². The molecule has 0 unspecified atom stereocenters. The predicted molar refractivity (Wildman–Crippen MR) is 109 cm³/mol. The highest BCUT2D eigenvalue weighted by Crippen LogP contribution is 2.49. The van der Waals surface area contributed by atoms with E-state index < -0.39 is 17.7 Å². The van der Waals surface area contributed by atoms with E-state index in [1.54, 1.807) is 6.07 Å². The first kappa shape index (κ1) is 20.4. The Labute approximate surface area is 173 Å². The van der Waals surface area contributed by atoms with Crippen molar-refractivity contribution in [1.29, 1.82) is 0 Å². The number of carbonyl (C=O) groups is 1. The Morgan fingerprint density at radius 3 is 2.63 bits per heavy atom. The number of phenolic OH excluding ortho intramolecular Hbond substituents is 2. The van der Waals surface area contributed by atoms with Crippen LogP contribution in [0.5, 0.6) is 11.5 Å². The number of hydrogen-bond donors (Lipinski definition) is 4. The Morgan fingerprint density at radius 1 is 1.10 bits per heavy atom. The lowest BCUT2D eigenvalue weighted by molar-refractivity contribution is 0.156. The summed E-state index contributed by atoms with van der Waals surface area (Å²) in [6.45, 7) is 0.903. The van der Waals surface area contributed by atoms with Gasteiger partial charge in [0, 0.05) is 29.3 Å². The molecule has 3 atom stereocenters. The van der Waals surface area contributed by atoms with Crippen molar-refractivity contribution in [3.05, 3.63) is 53.6 Å². The van der Waals surface area contributed by atoms with Gasteiger partial charge in [-0.1, -0.05) is 6.07 Å². The molecule has 6 nitrogen and oxygen atoms in total. The minimum atomic E-state index is -1.01. The number of benzene rings is 2. The third-order valence-electron chi connectivity index (χ3n) is 6.59. The smallest absolute Gasteiger partial charge is 0.319 e. The highest BCUT2D eigenvalue weighted by atomic mass is 19.2. The van der Waals surface area contributed by atoms with Gasteiger partial charge in [-0.2, -0.15) is 0 Å². The summed E-state index contributed by atoms with van der Waals surface area (Å²) >= 11 is 0. The van der Waals surface area contributed by atoms with E-state index in [1.807, 2.05) is 6.07 Å². The zero-order valence-corrected chi connectivity index (χ0v) is 16.7. The maximum atomic E-state index is 13.3. The standard InChI is InChI=1S/C22H25F2N3O3/c1-27-9-8-22(13-2-5-18(28)19(29)10-13)7-6-15(12-20(22)27)26-21(30)25-14-3-4-16(23)17(24)11-14/h2-5,10-11,15,20,28-29H,6-9,12H2,1H3,(H2,25,26,30)/t15-,20+,22+/m1/s1. The van der Waals surface area contributed by atoms with Crippen molar-refractivity contribution in [2.45, 2.75) is 43.2 Å². The topological polar surface area (TPSA) is 84.8 Å². The molecular weight excluding hydrogens is 392 g/mol. The monoisotopic (exact) mass is 417 g/mol. The van der Waals surface area contributed by atoms with Crippen LogP contribution in [0.1, 0.15) is 31.2 Å². The predicted octanol–water partition coefficient (Wildman–Crippen LogP) is 3.69. The lowest BCUT2D eigenvalue weighted by Crippen LogP contribution is -2.52. The van der Waals surface area contributed by atoms with E-state index in [4.69, 9.17) is 0 Å². The molecule has 0 bridgehead atoms. The Kier molecular flexibility index (Phi) is 5.27. The quantitative estimate of drug-likeness (QED) is 0.574. The van der Waals surface area contributed by atoms with Crippen LogP contribution in [-0.2, 0) is 5.41 Å². The third kappa shape index (κ3) is 3.67. The molecular formula is C22H25F2N3O3. The van der Waals surface area contributed by atoms with Crippen LogP contribution in [0, 0.1) is 11.6 Å². The van der Waals surface area contributed by atoms with Crippen LogP contribution in [0.4, 0.5) is 19.3 Å². The lowest BCUT2D eigenvalue weighted by Gasteiger charge is -2.44. The van der Waals surface area contributed by atoms with Crippen LogP contribution in [0.3, 0.4) is 0 Å². The number of carbonyl (C=O) groups excluding carboxylic acids is 1. The van der Waals surface area contributed by atoms with Crippen molar-refractivity contribution in [3.63, 3.8) is 0 Å². The van der Waals surface area contributed by atoms with Gasteiger partial charge in [0.05, 0.1) is 0 Å². The number of nitrogens with zero attached hydrogens (tertiary/aromatic N) is 1. The summed E-state index contributed by atoms with van der Waals surface area (Å²) in [6.07, 6.45) is 3.23. The second-order valence-electron chi connectivity index (χ2n) is 8.30. The van der Waals surface area contributed by atoms with E-state index in [1.165, 1.54) is 12.1 Å². The number of halogens is 2. The van der Waals surface area contributed by atoms with Crippen molar-refractivity contribution in [2.75, 3.05) is 18.9 Å². The van der Waals surface area contributed by atoms with Gasteiger partial charge in [-0.25, -0.2) is 13.6 Å². The molecule has 4 N–H and O–H groups in total. The molecule has 0 radical (unpaired) electrons. The zero-order valence-electron chi connectivity index (χ0n) is 16.7. The number of nitrogens with one attached hydrogen (secondary N) is 2. The summed E-state index contributed by atoms with van der Waals surface area (Å²) in [7, 11) is 2.05. The highest BCUT2D eigenvalue weighted by Gasteiger charge is 2.50. The van der Waals surface area contributed by atoms with Crippen molar-refractivity contribution >= 4 is 11.7 Å². The molecule has 1 heterocycles. The highest BCUT2D eigenvalue weighted by molar-refractivity contribution is 5.89. The van der Waals surface area contributed by atoms with Gasteiger partial charge in [0.15, 0.2) is 23.1 Å². The van der Waals surface area contributed by atoms with Crippen LogP contribution < -0.4 is 10.6 Å². The Balaban J connectivity index is 1.46. The van der Waals surface area contributed by atoms with Crippen molar-refractivity contribution < 1.29 is 23.8 Å². The van der Waals surface area contributed by atoms with Crippen LogP contribution in [-0.4, -0.2) is 46.8 Å². The second-order valence-corrected chi connectivity index (χ2v) is 8.30. The van der Waals surface area contributed by atoms with Gasteiger partial charge in [-0.15, -0.1) is 0 Å². The molecule has 0 aromatic heterocycles. The number of fused-ring (bicyclic) bond motifs is 1. The molecule has 2 aliphatic rings. The van der Waals surface area contributed by atoms with Crippen LogP contribution in [0.15, 0.2) is 36.4 Å². The number of aromatic hydroxyl groups is 2. The van der Waals surface area contributed by atoms with E-state index in [-0.39, 0.29) is 34.7 Å². The summed E-state index contributed by atoms with van der Waals surface area (Å²) < 4.78 is 26.4. The summed E-state index contributed by atoms with van der Waals surface area (Å²) in [5, 5.41) is 25.1. The average molecular weight is 417 g/mol. The number of phenols is 2. The van der Waals surface area contributed by atoms with Crippen LogP contribution in [0.25, 0.3) is 0 Å². The molecule has 2 aromatic carbocycles. The minimum absolute atomic E-state index is 0.0697. The molecule has 1 saturated carbocycles. The van der Waals surface area contributed by atoms with Crippen LogP contribution in [0.2, 0.25) is 0 Å². The van der Waals surface area contributed by atoms with Gasteiger partial charge in [-0.3, -0.25) is 0 Å². The van der Waals surface area contributed by atoms with Crippen molar-refractivity contribution in [2.24, 2.45) is 0 Å².